The summed E-state index contributed by atoms with van der Waals surface area (Å²) >= 11 is 0. The van der Waals surface area contributed by atoms with Crippen LogP contribution in [0.5, 0.6) is 0 Å². The molecule has 0 fully saturated rings. The third-order valence-electron chi connectivity index (χ3n) is 5.29. The van der Waals surface area contributed by atoms with E-state index in [2.05, 4.69) is 71.5 Å². The van der Waals surface area contributed by atoms with Crippen LogP contribution in [0.4, 0.5) is 0 Å². The monoisotopic (exact) mass is 571 g/mol. The molecule has 6 heteroatoms. The van der Waals surface area contributed by atoms with Crippen molar-refractivity contribution in [1.29, 1.82) is 0 Å². The van der Waals surface area contributed by atoms with Gasteiger partial charge in [-0.15, -0.1) is 28.9 Å². The van der Waals surface area contributed by atoms with Crippen molar-refractivity contribution in [2.45, 2.75) is 13.8 Å². The third-order valence-corrected chi connectivity index (χ3v) is 5.29. The fourth-order valence-electron chi connectivity index (χ4n) is 3.91. The fraction of sp³-hybridized carbons (Fsp3) is 0.125. The number of nitrogens with zero attached hydrogens (tertiary/aromatic N) is 5. The summed E-state index contributed by atoms with van der Waals surface area (Å²) in [4.78, 5) is 4.46. The van der Waals surface area contributed by atoms with Gasteiger partial charge in [-0.2, -0.15) is 5.10 Å². The second-order valence-corrected chi connectivity index (χ2v) is 7.32. The van der Waals surface area contributed by atoms with Gasteiger partial charge in [0.25, 0.3) is 0 Å². The third kappa shape index (κ3) is 3.38. The predicted octanol–water partition coefficient (Wildman–Crippen LogP) is 4.90. The Morgan fingerprint density at radius 3 is 2.37 bits per heavy atom. The first-order valence-electron chi connectivity index (χ1n) is 9.52. The standard InChI is InChI=1S/C24H20N5.Ir/c1-16-11-20(18-7-5-4-6-8-18)12-17(2)23(16)29-15-26-27-24(29)19-9-10-22-21(13-19)25-14-28(22)3;/h4-8,10-15H,1-3H3;/q-1;. The summed E-state index contributed by atoms with van der Waals surface area (Å²) in [6.07, 6.45) is 3.58. The molecule has 3 aromatic carbocycles. The predicted molar refractivity (Wildman–Crippen MR) is 115 cm³/mol. The zero-order valence-electron chi connectivity index (χ0n) is 16.9. The number of aromatic nitrogens is 5. The molecule has 0 N–H and O–H groups in total. The minimum absolute atomic E-state index is 0. The Kier molecular flexibility index (Phi) is 5.37. The molecule has 0 spiro atoms. The van der Waals surface area contributed by atoms with Gasteiger partial charge in [0, 0.05) is 38.4 Å². The maximum atomic E-state index is 4.46. The Labute approximate surface area is 188 Å². The Balaban J connectivity index is 0.00000218. The Morgan fingerprint density at radius 1 is 0.900 bits per heavy atom. The van der Waals surface area contributed by atoms with Gasteiger partial charge in [-0.3, -0.25) is 4.98 Å². The first-order chi connectivity index (χ1) is 14.1. The smallest absolute Gasteiger partial charge is 0.114 e. The van der Waals surface area contributed by atoms with Gasteiger partial charge in [-0.25, -0.2) is 0 Å². The van der Waals surface area contributed by atoms with Crippen LogP contribution >= 0.6 is 0 Å². The van der Waals surface area contributed by atoms with E-state index in [1.807, 2.05) is 40.7 Å². The number of imidazole rings is 1. The van der Waals surface area contributed by atoms with E-state index in [0.29, 0.717) is 0 Å². The van der Waals surface area contributed by atoms with Crippen molar-refractivity contribution in [2.24, 2.45) is 7.05 Å². The van der Waals surface area contributed by atoms with Crippen molar-refractivity contribution in [1.82, 2.24) is 24.3 Å². The minimum atomic E-state index is 0. The molecular weight excluding hydrogens is 551 g/mol. The number of aryl methyl sites for hydroxylation is 3. The number of benzene rings is 3. The number of hydrogen-bond donors (Lipinski definition) is 0. The Bertz CT molecular complexity index is 1310. The summed E-state index contributed by atoms with van der Waals surface area (Å²) in [7, 11) is 1.98. The molecular formula is C24H20IrN5-. The average Bonchev–Trinajstić information content (AvgIpc) is 3.35. The zero-order chi connectivity index (χ0) is 20.0. The van der Waals surface area contributed by atoms with Gasteiger partial charge in [0.05, 0.1) is 12.2 Å². The molecule has 0 saturated heterocycles. The molecule has 0 aliphatic heterocycles. The van der Waals surface area contributed by atoms with E-state index < -0.39 is 0 Å². The molecule has 0 bridgehead atoms. The fourth-order valence-corrected chi connectivity index (χ4v) is 3.91. The molecule has 151 valence electrons. The molecule has 30 heavy (non-hydrogen) atoms. The molecule has 0 amide bonds. The van der Waals surface area contributed by atoms with Crippen molar-refractivity contribution in [3.05, 3.63) is 84.4 Å². The van der Waals surface area contributed by atoms with Crippen LogP contribution in [0, 0.1) is 19.9 Å². The molecule has 2 aromatic heterocycles. The summed E-state index contributed by atoms with van der Waals surface area (Å²) < 4.78 is 4.02. The van der Waals surface area contributed by atoms with E-state index >= 15 is 0 Å². The SMILES string of the molecule is Cc1cc(-c2ccccc2)cc(C)c1-n1cnnc1-c1[c-]cc2c(c1)ncn2C.[Ir]. The second kappa shape index (κ2) is 7.98. The van der Waals surface area contributed by atoms with Gasteiger partial charge in [0.2, 0.25) is 0 Å². The van der Waals surface area contributed by atoms with Crippen molar-refractivity contribution in [3.63, 3.8) is 0 Å². The Hall–Kier alpha value is -3.08. The molecule has 0 unspecified atom stereocenters. The minimum Gasteiger partial charge on any atom is -0.373 e. The molecule has 0 atom stereocenters. The summed E-state index contributed by atoms with van der Waals surface area (Å²) in [5.74, 6) is 0.760. The van der Waals surface area contributed by atoms with E-state index in [0.717, 1.165) is 28.1 Å². The van der Waals surface area contributed by atoms with Gasteiger partial charge in [-0.05, 0) is 53.8 Å². The van der Waals surface area contributed by atoms with Crippen molar-refractivity contribution < 1.29 is 20.1 Å². The first kappa shape index (κ1) is 20.2. The average molecular weight is 571 g/mol. The van der Waals surface area contributed by atoms with Crippen molar-refractivity contribution in [3.8, 4) is 28.2 Å². The second-order valence-electron chi connectivity index (χ2n) is 7.32. The molecule has 0 aliphatic rings. The number of fused-ring (bicyclic) bond motifs is 1. The molecule has 0 aliphatic carbocycles. The van der Waals surface area contributed by atoms with Gasteiger partial charge in [-0.1, -0.05) is 30.3 Å². The number of hydrogen-bond acceptors (Lipinski definition) is 3. The van der Waals surface area contributed by atoms with Crippen LogP contribution in [0.25, 0.3) is 39.2 Å². The van der Waals surface area contributed by atoms with E-state index in [4.69, 9.17) is 0 Å². The summed E-state index contributed by atoms with van der Waals surface area (Å²) in [6.45, 7) is 4.26. The zero-order valence-corrected chi connectivity index (χ0v) is 19.3. The quantitative estimate of drug-likeness (QED) is 0.290. The molecule has 5 nitrogen and oxygen atoms in total. The first-order valence-corrected chi connectivity index (χ1v) is 9.52. The molecule has 5 aromatic rings. The largest absolute Gasteiger partial charge is 0.373 e. The van der Waals surface area contributed by atoms with Crippen LogP contribution in [0.2, 0.25) is 0 Å². The van der Waals surface area contributed by atoms with Gasteiger partial charge < -0.3 is 9.13 Å². The van der Waals surface area contributed by atoms with Crippen LogP contribution in [-0.4, -0.2) is 24.3 Å². The van der Waals surface area contributed by atoms with Gasteiger partial charge in [0.1, 0.15) is 6.33 Å². The van der Waals surface area contributed by atoms with Crippen LogP contribution in [0.1, 0.15) is 11.1 Å². The van der Waals surface area contributed by atoms with Crippen LogP contribution in [-0.2, 0) is 27.2 Å². The van der Waals surface area contributed by atoms with E-state index in [-0.39, 0.29) is 20.1 Å². The van der Waals surface area contributed by atoms with E-state index in [1.54, 1.807) is 6.33 Å². The molecule has 1 radical (unpaired) electrons. The van der Waals surface area contributed by atoms with Crippen LogP contribution < -0.4 is 0 Å². The van der Waals surface area contributed by atoms with Gasteiger partial charge in [0.15, 0.2) is 0 Å². The molecule has 2 heterocycles. The molecule has 0 saturated carbocycles. The topological polar surface area (TPSA) is 48.5 Å². The number of rotatable bonds is 3. The van der Waals surface area contributed by atoms with E-state index in [1.165, 1.54) is 22.3 Å². The van der Waals surface area contributed by atoms with Crippen LogP contribution in [0.3, 0.4) is 0 Å². The summed E-state index contributed by atoms with van der Waals surface area (Å²) in [6, 6.07) is 22.2. The molecule has 5 rings (SSSR count). The van der Waals surface area contributed by atoms with Crippen molar-refractivity contribution in [2.75, 3.05) is 0 Å². The normalized spacial score (nSPS) is 10.9. The summed E-state index contributed by atoms with van der Waals surface area (Å²) in [5.41, 5.74) is 8.69. The van der Waals surface area contributed by atoms with Crippen LogP contribution in [0.15, 0.2) is 67.3 Å². The maximum absolute atomic E-state index is 4.46. The summed E-state index contributed by atoms with van der Waals surface area (Å²) in [5, 5.41) is 8.58. The van der Waals surface area contributed by atoms with E-state index in [9.17, 15) is 0 Å². The van der Waals surface area contributed by atoms with Gasteiger partial charge >= 0.3 is 0 Å². The van der Waals surface area contributed by atoms with Crippen molar-refractivity contribution >= 4 is 11.0 Å². The Morgan fingerprint density at radius 2 is 1.63 bits per heavy atom. The maximum Gasteiger partial charge on any atom is 0.114 e.